The van der Waals surface area contributed by atoms with Gasteiger partial charge in [-0.2, -0.15) is 13.2 Å². The third kappa shape index (κ3) is 4.22. The molecular formula is C18H11F3N2O4S. The van der Waals surface area contributed by atoms with E-state index in [-0.39, 0.29) is 22.7 Å². The van der Waals surface area contributed by atoms with Crippen LogP contribution in [0.1, 0.15) is 16.7 Å². The number of rotatable bonds is 4. The molecule has 0 unspecified atom stereocenters. The van der Waals surface area contributed by atoms with Crippen LogP contribution in [0.3, 0.4) is 0 Å². The number of hydrogen-bond donors (Lipinski definition) is 0. The number of imide groups is 1. The Kier molecular flexibility index (Phi) is 5.23. The molecular weight excluding hydrogens is 397 g/mol. The van der Waals surface area contributed by atoms with Crippen LogP contribution in [0.15, 0.2) is 53.4 Å². The smallest absolute Gasteiger partial charge is 0.268 e. The Hall–Kier alpha value is -3.14. The molecule has 3 rings (SSSR count). The van der Waals surface area contributed by atoms with E-state index < -0.39 is 27.8 Å². The van der Waals surface area contributed by atoms with Gasteiger partial charge in [0.15, 0.2) is 0 Å². The van der Waals surface area contributed by atoms with Crippen LogP contribution in [-0.4, -0.2) is 21.0 Å². The van der Waals surface area contributed by atoms with E-state index in [0.29, 0.717) is 17.3 Å². The molecule has 2 aromatic rings. The number of carbonyl (C=O) groups excluding carboxylic acids is 2. The van der Waals surface area contributed by atoms with Gasteiger partial charge < -0.3 is 0 Å². The molecule has 0 radical (unpaired) electrons. The van der Waals surface area contributed by atoms with Gasteiger partial charge in [0.25, 0.3) is 16.8 Å². The summed E-state index contributed by atoms with van der Waals surface area (Å²) in [5.74, 6) is -0.634. The first-order valence-electron chi connectivity index (χ1n) is 7.81. The fourth-order valence-corrected chi connectivity index (χ4v) is 3.34. The minimum atomic E-state index is -4.51. The van der Waals surface area contributed by atoms with Crippen LogP contribution in [0, 0.1) is 10.1 Å². The number of thioether (sulfide) groups is 1. The number of halogens is 3. The summed E-state index contributed by atoms with van der Waals surface area (Å²) in [6, 6.07) is 9.80. The van der Waals surface area contributed by atoms with Crippen molar-refractivity contribution in [2.45, 2.75) is 12.7 Å². The Labute approximate surface area is 160 Å². The SMILES string of the molecule is O=C1SC(=Cc2cccc(C(F)(F)F)c2)C(=O)N1Cc1ccc([N+](=O)[O-])cc1. The van der Waals surface area contributed by atoms with Gasteiger partial charge >= 0.3 is 6.18 Å². The summed E-state index contributed by atoms with van der Waals surface area (Å²) in [7, 11) is 0. The summed E-state index contributed by atoms with van der Waals surface area (Å²) < 4.78 is 38.4. The maximum absolute atomic E-state index is 12.8. The first-order valence-corrected chi connectivity index (χ1v) is 8.63. The average molecular weight is 408 g/mol. The predicted octanol–water partition coefficient (Wildman–Crippen LogP) is 4.85. The Morgan fingerprint density at radius 2 is 1.79 bits per heavy atom. The lowest BCUT2D eigenvalue weighted by Gasteiger charge is -2.12. The van der Waals surface area contributed by atoms with Crippen LogP contribution in [0.25, 0.3) is 6.08 Å². The van der Waals surface area contributed by atoms with Crippen molar-refractivity contribution in [1.82, 2.24) is 4.90 Å². The summed E-state index contributed by atoms with van der Waals surface area (Å²) >= 11 is 0.626. The van der Waals surface area contributed by atoms with Crippen LogP contribution in [0.5, 0.6) is 0 Å². The molecule has 1 aliphatic rings. The van der Waals surface area contributed by atoms with Crippen molar-refractivity contribution in [3.05, 3.63) is 80.2 Å². The minimum Gasteiger partial charge on any atom is -0.268 e. The van der Waals surface area contributed by atoms with Gasteiger partial charge in [-0.15, -0.1) is 0 Å². The number of nitro groups is 1. The van der Waals surface area contributed by atoms with E-state index in [2.05, 4.69) is 0 Å². The van der Waals surface area contributed by atoms with Crippen molar-refractivity contribution in [2.24, 2.45) is 0 Å². The second-order valence-corrected chi connectivity index (χ2v) is 6.81. The standard InChI is InChI=1S/C18H11F3N2O4S/c19-18(20,21)13-3-1-2-12(8-13)9-15-16(24)22(17(25)28-15)10-11-4-6-14(7-5-11)23(26)27/h1-9H,10H2. The van der Waals surface area contributed by atoms with Gasteiger partial charge in [-0.25, -0.2) is 0 Å². The lowest BCUT2D eigenvalue weighted by molar-refractivity contribution is -0.384. The van der Waals surface area contributed by atoms with Crippen molar-refractivity contribution in [2.75, 3.05) is 0 Å². The lowest BCUT2D eigenvalue weighted by atomic mass is 10.1. The van der Waals surface area contributed by atoms with Gasteiger partial charge in [0.1, 0.15) is 0 Å². The molecule has 0 N–H and O–H groups in total. The molecule has 2 amide bonds. The summed E-state index contributed by atoms with van der Waals surface area (Å²) in [6.45, 7) is -0.0947. The molecule has 1 aliphatic heterocycles. The van der Waals surface area contributed by atoms with Gasteiger partial charge in [0, 0.05) is 12.1 Å². The van der Waals surface area contributed by atoms with Crippen LogP contribution in [-0.2, 0) is 17.5 Å². The fraction of sp³-hybridized carbons (Fsp3) is 0.111. The van der Waals surface area contributed by atoms with E-state index >= 15 is 0 Å². The monoisotopic (exact) mass is 408 g/mol. The van der Waals surface area contributed by atoms with E-state index in [9.17, 15) is 32.9 Å². The molecule has 1 fully saturated rings. The first-order chi connectivity index (χ1) is 13.1. The highest BCUT2D eigenvalue weighted by Crippen LogP contribution is 2.35. The molecule has 10 heteroatoms. The van der Waals surface area contributed by atoms with Gasteiger partial charge in [0.05, 0.1) is 21.9 Å². The number of hydrogen-bond acceptors (Lipinski definition) is 5. The molecule has 0 aromatic heterocycles. The Balaban J connectivity index is 1.80. The number of amides is 2. The van der Waals surface area contributed by atoms with Gasteiger partial charge in [0.2, 0.25) is 0 Å². The van der Waals surface area contributed by atoms with E-state index in [1.54, 1.807) is 0 Å². The molecule has 0 saturated carbocycles. The maximum atomic E-state index is 12.8. The summed E-state index contributed by atoms with van der Waals surface area (Å²) in [5, 5.41) is 10.1. The number of non-ortho nitro benzene ring substituents is 1. The second-order valence-electron chi connectivity index (χ2n) is 5.81. The summed E-state index contributed by atoms with van der Waals surface area (Å²) in [4.78, 5) is 35.6. The zero-order valence-corrected chi connectivity index (χ0v) is 14.8. The van der Waals surface area contributed by atoms with E-state index in [4.69, 9.17) is 0 Å². The van der Waals surface area contributed by atoms with Crippen LogP contribution in [0.4, 0.5) is 23.7 Å². The van der Waals surface area contributed by atoms with E-state index in [1.807, 2.05) is 0 Å². The number of nitro benzene ring substituents is 1. The number of alkyl halides is 3. The molecule has 0 bridgehead atoms. The molecule has 28 heavy (non-hydrogen) atoms. The van der Waals surface area contributed by atoms with Gasteiger partial charge in [-0.05, 0) is 41.1 Å². The molecule has 0 atom stereocenters. The topological polar surface area (TPSA) is 80.5 Å². The highest BCUT2D eigenvalue weighted by molar-refractivity contribution is 8.18. The summed E-state index contributed by atoms with van der Waals surface area (Å²) in [6.07, 6.45) is -3.28. The van der Waals surface area contributed by atoms with Crippen molar-refractivity contribution in [3.8, 4) is 0 Å². The van der Waals surface area contributed by atoms with Gasteiger partial charge in [-0.3, -0.25) is 24.6 Å². The normalized spacial score (nSPS) is 16.1. The molecule has 6 nitrogen and oxygen atoms in total. The van der Waals surface area contributed by atoms with Crippen LogP contribution >= 0.6 is 11.8 Å². The van der Waals surface area contributed by atoms with Crippen LogP contribution in [0.2, 0.25) is 0 Å². The average Bonchev–Trinajstić information content (AvgIpc) is 2.89. The summed E-state index contributed by atoms with van der Waals surface area (Å²) in [5.41, 5.74) is -0.322. The quantitative estimate of drug-likeness (QED) is 0.410. The van der Waals surface area contributed by atoms with Crippen LogP contribution < -0.4 is 0 Å². The number of nitrogens with zero attached hydrogens (tertiary/aromatic N) is 2. The molecule has 0 aliphatic carbocycles. The van der Waals surface area contributed by atoms with E-state index in [1.165, 1.54) is 42.5 Å². The Morgan fingerprint density at radius 1 is 1.11 bits per heavy atom. The Morgan fingerprint density at radius 3 is 2.39 bits per heavy atom. The molecule has 144 valence electrons. The first kappa shape index (κ1) is 19.6. The van der Waals surface area contributed by atoms with Crippen molar-refractivity contribution < 1.29 is 27.7 Å². The number of carbonyl (C=O) groups is 2. The van der Waals surface area contributed by atoms with Crippen molar-refractivity contribution in [3.63, 3.8) is 0 Å². The molecule has 1 saturated heterocycles. The number of benzene rings is 2. The highest BCUT2D eigenvalue weighted by Gasteiger charge is 2.35. The predicted molar refractivity (Wildman–Crippen MR) is 96.1 cm³/mol. The molecule has 1 heterocycles. The minimum absolute atomic E-state index is 0.00577. The molecule has 2 aromatic carbocycles. The highest BCUT2D eigenvalue weighted by atomic mass is 32.2. The second kappa shape index (κ2) is 7.47. The Bertz CT molecular complexity index is 987. The van der Waals surface area contributed by atoms with Crippen molar-refractivity contribution >= 4 is 34.7 Å². The fourth-order valence-electron chi connectivity index (χ4n) is 2.50. The zero-order valence-electron chi connectivity index (χ0n) is 14.0. The lowest BCUT2D eigenvalue weighted by Crippen LogP contribution is -2.27. The zero-order chi connectivity index (χ0) is 20.5. The maximum Gasteiger partial charge on any atom is 0.416 e. The van der Waals surface area contributed by atoms with Crippen molar-refractivity contribution in [1.29, 1.82) is 0 Å². The largest absolute Gasteiger partial charge is 0.416 e. The third-order valence-electron chi connectivity index (χ3n) is 3.87. The van der Waals surface area contributed by atoms with Gasteiger partial charge in [-0.1, -0.05) is 24.3 Å². The third-order valence-corrected chi connectivity index (χ3v) is 4.78. The molecule has 0 spiro atoms. The van der Waals surface area contributed by atoms with E-state index in [0.717, 1.165) is 17.0 Å².